The van der Waals surface area contributed by atoms with Crippen molar-refractivity contribution < 1.29 is 42.9 Å². The Hall–Kier alpha value is -5.66. The van der Waals surface area contributed by atoms with E-state index >= 15 is 0 Å². The van der Waals surface area contributed by atoms with Crippen molar-refractivity contribution in [3.05, 3.63) is 84.1 Å². The van der Waals surface area contributed by atoms with Crippen LogP contribution in [0.2, 0.25) is 0 Å². The normalized spacial score (nSPS) is 15.3. The van der Waals surface area contributed by atoms with E-state index in [1.54, 1.807) is 47.6 Å². The number of hydrogen-bond acceptors (Lipinski definition) is 10. The van der Waals surface area contributed by atoms with Crippen molar-refractivity contribution in [2.24, 2.45) is 5.92 Å². The highest BCUT2D eigenvalue weighted by atomic mass is 16.6. The molecule has 312 valence electrons. The zero-order valence-electron chi connectivity index (χ0n) is 34.2. The first-order chi connectivity index (χ1) is 27.9. The molecule has 0 spiro atoms. The van der Waals surface area contributed by atoms with Gasteiger partial charge in [-0.3, -0.25) is 14.4 Å². The number of carbonyl (C=O) groups excluding carboxylic acids is 5. The standard InChI is InChI=1S/C44H57N5O9/c1-5-6-27-55-42(53)49-25-23-47(24-26-49)41(52)36(17-18-39(50)58-44(2,3)4)46-40(51)38-29-35(28-37(45-38)34-15-11-8-12-16-34)56-30-33-19-21-48(22-20-33)43(54)57-31-32-13-9-7-10-14-32/h7-16,28-29,33,36H,5-6,17-27,30-31H2,1-4H3,(H,46,51)/t36-/m0/s1. The molecule has 0 unspecified atom stereocenters. The van der Waals surface area contributed by atoms with E-state index in [-0.39, 0.29) is 69.2 Å². The van der Waals surface area contributed by atoms with Gasteiger partial charge in [0.2, 0.25) is 5.91 Å². The van der Waals surface area contributed by atoms with Crippen LogP contribution in [0.1, 0.15) is 82.3 Å². The number of esters is 1. The van der Waals surface area contributed by atoms with Crippen molar-refractivity contribution in [3.63, 3.8) is 0 Å². The van der Waals surface area contributed by atoms with Crippen LogP contribution in [0.5, 0.6) is 5.75 Å². The van der Waals surface area contributed by atoms with Gasteiger partial charge in [-0.15, -0.1) is 0 Å². The van der Waals surface area contributed by atoms with Crippen molar-refractivity contribution in [1.29, 1.82) is 0 Å². The summed E-state index contributed by atoms with van der Waals surface area (Å²) in [5.41, 5.74) is 1.54. The molecule has 2 aromatic carbocycles. The number of nitrogens with one attached hydrogen (secondary N) is 1. The molecule has 0 saturated carbocycles. The van der Waals surface area contributed by atoms with Crippen LogP contribution in [0.15, 0.2) is 72.8 Å². The highest BCUT2D eigenvalue weighted by molar-refractivity contribution is 5.97. The molecule has 3 heterocycles. The molecule has 1 N–H and O–H groups in total. The number of hydrogen-bond donors (Lipinski definition) is 1. The Morgan fingerprint density at radius 2 is 1.43 bits per heavy atom. The minimum Gasteiger partial charge on any atom is -0.493 e. The monoisotopic (exact) mass is 799 g/mol. The lowest BCUT2D eigenvalue weighted by Gasteiger charge is -2.36. The van der Waals surface area contributed by atoms with E-state index in [2.05, 4.69) is 10.3 Å². The lowest BCUT2D eigenvalue weighted by Crippen LogP contribution is -2.56. The fourth-order valence-corrected chi connectivity index (χ4v) is 6.64. The van der Waals surface area contributed by atoms with Crippen molar-refractivity contribution >= 4 is 30.0 Å². The van der Waals surface area contributed by atoms with E-state index in [1.807, 2.05) is 67.6 Å². The summed E-state index contributed by atoms with van der Waals surface area (Å²) in [5, 5.41) is 2.85. The molecule has 2 fully saturated rings. The Balaban J connectivity index is 1.25. The largest absolute Gasteiger partial charge is 0.493 e. The van der Waals surface area contributed by atoms with Crippen molar-refractivity contribution in [2.75, 3.05) is 52.5 Å². The van der Waals surface area contributed by atoms with Crippen LogP contribution in [0.3, 0.4) is 0 Å². The first kappa shape index (κ1) is 43.5. The number of amides is 4. The average molecular weight is 800 g/mol. The van der Waals surface area contributed by atoms with Gasteiger partial charge >= 0.3 is 18.2 Å². The average Bonchev–Trinajstić information content (AvgIpc) is 3.23. The molecule has 1 atom stereocenters. The maximum Gasteiger partial charge on any atom is 0.410 e. The maximum absolute atomic E-state index is 14.0. The van der Waals surface area contributed by atoms with E-state index in [1.165, 1.54) is 0 Å². The van der Waals surface area contributed by atoms with Crippen LogP contribution >= 0.6 is 0 Å². The molecule has 4 amide bonds. The predicted octanol–water partition coefficient (Wildman–Crippen LogP) is 6.48. The number of benzene rings is 2. The number of carbonyl (C=O) groups is 5. The molecule has 14 nitrogen and oxygen atoms in total. The number of ether oxygens (including phenoxy) is 4. The Morgan fingerprint density at radius 1 is 0.810 bits per heavy atom. The second kappa shape index (κ2) is 21.2. The van der Waals surface area contributed by atoms with Crippen LogP contribution in [0.25, 0.3) is 11.3 Å². The SMILES string of the molecule is CCCCOC(=O)N1CCN(C(=O)[C@H](CCC(=O)OC(C)(C)C)NC(=O)c2cc(OCC3CCN(C(=O)OCc4ccccc4)CC3)cc(-c3ccccc3)n2)CC1. The Morgan fingerprint density at radius 3 is 2.09 bits per heavy atom. The molecule has 58 heavy (non-hydrogen) atoms. The topological polar surface area (TPSA) is 157 Å². The minimum absolute atomic E-state index is 0.00100. The van der Waals surface area contributed by atoms with Gasteiger partial charge in [-0.1, -0.05) is 74.0 Å². The number of pyridine rings is 1. The van der Waals surface area contributed by atoms with Gasteiger partial charge in [-0.2, -0.15) is 0 Å². The van der Waals surface area contributed by atoms with Gasteiger partial charge < -0.3 is 39.0 Å². The second-order valence-corrected chi connectivity index (χ2v) is 15.7. The summed E-state index contributed by atoms with van der Waals surface area (Å²) < 4.78 is 22.7. The molecule has 2 saturated heterocycles. The molecule has 3 aromatic rings. The van der Waals surface area contributed by atoms with E-state index in [9.17, 15) is 24.0 Å². The smallest absolute Gasteiger partial charge is 0.410 e. The van der Waals surface area contributed by atoms with E-state index in [0.29, 0.717) is 37.7 Å². The molecular formula is C44H57N5O9. The fourth-order valence-electron chi connectivity index (χ4n) is 6.64. The first-order valence-electron chi connectivity index (χ1n) is 20.3. The van der Waals surface area contributed by atoms with Gasteiger partial charge in [0, 0.05) is 63.4 Å². The number of aromatic nitrogens is 1. The molecular weight excluding hydrogens is 743 g/mol. The first-order valence-corrected chi connectivity index (χ1v) is 20.3. The predicted molar refractivity (Wildman–Crippen MR) is 217 cm³/mol. The van der Waals surface area contributed by atoms with Crippen LogP contribution < -0.4 is 10.1 Å². The number of piperazine rings is 1. The number of rotatable bonds is 15. The number of piperidine rings is 1. The summed E-state index contributed by atoms with van der Waals surface area (Å²) in [5.74, 6) is -0.874. The molecule has 14 heteroatoms. The quantitative estimate of drug-likeness (QED) is 0.103. The fraction of sp³-hybridized carbons (Fsp3) is 0.500. The van der Waals surface area contributed by atoms with Crippen molar-refractivity contribution in [2.45, 2.75) is 84.5 Å². The Bertz CT molecular complexity index is 1820. The van der Waals surface area contributed by atoms with E-state index in [4.69, 9.17) is 18.9 Å². The van der Waals surface area contributed by atoms with E-state index in [0.717, 1.165) is 36.8 Å². The zero-order chi connectivity index (χ0) is 41.5. The van der Waals surface area contributed by atoms with Crippen LogP contribution in [0.4, 0.5) is 9.59 Å². The van der Waals surface area contributed by atoms with Gasteiger partial charge in [0.05, 0.1) is 18.9 Å². The van der Waals surface area contributed by atoms with Crippen LogP contribution in [-0.4, -0.2) is 114 Å². The molecule has 1 aromatic heterocycles. The zero-order valence-corrected chi connectivity index (χ0v) is 34.2. The highest BCUT2D eigenvalue weighted by Gasteiger charge is 2.32. The van der Waals surface area contributed by atoms with Gasteiger partial charge in [-0.05, 0) is 57.9 Å². The van der Waals surface area contributed by atoms with Gasteiger partial charge in [0.15, 0.2) is 0 Å². The summed E-state index contributed by atoms with van der Waals surface area (Å²) in [6.45, 7) is 10.4. The Labute approximate surface area is 341 Å². The minimum atomic E-state index is -1.07. The molecule has 0 aliphatic carbocycles. The highest BCUT2D eigenvalue weighted by Crippen LogP contribution is 2.26. The number of nitrogens with zero attached hydrogens (tertiary/aromatic N) is 4. The number of likely N-dealkylation sites (tertiary alicyclic amines) is 1. The summed E-state index contributed by atoms with van der Waals surface area (Å²) >= 11 is 0. The third-order valence-corrected chi connectivity index (χ3v) is 9.90. The summed E-state index contributed by atoms with van der Waals surface area (Å²) in [4.78, 5) is 75.6. The molecule has 0 bridgehead atoms. The molecule has 2 aliphatic heterocycles. The maximum atomic E-state index is 14.0. The van der Waals surface area contributed by atoms with Gasteiger partial charge in [-0.25, -0.2) is 14.6 Å². The van der Waals surface area contributed by atoms with E-state index < -0.39 is 29.6 Å². The molecule has 2 aliphatic rings. The van der Waals surface area contributed by atoms with Crippen LogP contribution in [0, 0.1) is 5.92 Å². The van der Waals surface area contributed by atoms with Crippen LogP contribution in [-0.2, 0) is 30.4 Å². The molecule has 0 radical (unpaired) electrons. The number of unbranched alkanes of at least 4 members (excludes halogenated alkanes) is 1. The van der Waals surface area contributed by atoms with Gasteiger partial charge in [0.1, 0.15) is 29.7 Å². The summed E-state index contributed by atoms with van der Waals surface area (Å²) in [7, 11) is 0. The van der Waals surface area contributed by atoms with Crippen molar-refractivity contribution in [3.8, 4) is 17.0 Å². The molecule has 5 rings (SSSR count). The van der Waals surface area contributed by atoms with Gasteiger partial charge in [0.25, 0.3) is 5.91 Å². The Kier molecular flexibility index (Phi) is 15.9. The lowest BCUT2D eigenvalue weighted by molar-refractivity contribution is -0.155. The lowest BCUT2D eigenvalue weighted by atomic mass is 9.98. The second-order valence-electron chi connectivity index (χ2n) is 15.7. The summed E-state index contributed by atoms with van der Waals surface area (Å²) in [6.07, 6.45) is 2.26. The van der Waals surface area contributed by atoms with Crippen molar-refractivity contribution in [1.82, 2.24) is 25.0 Å². The third-order valence-electron chi connectivity index (χ3n) is 9.90. The summed E-state index contributed by atoms with van der Waals surface area (Å²) in [6, 6.07) is 21.2. The third kappa shape index (κ3) is 13.5.